The van der Waals surface area contributed by atoms with E-state index in [4.69, 9.17) is 4.74 Å². The Balaban J connectivity index is 1.44. The number of alkyl halides is 2. The van der Waals surface area contributed by atoms with Crippen LogP contribution in [0.2, 0.25) is 0 Å². The summed E-state index contributed by atoms with van der Waals surface area (Å²) in [7, 11) is 0. The van der Waals surface area contributed by atoms with E-state index in [2.05, 4.69) is 10.3 Å². The van der Waals surface area contributed by atoms with E-state index in [0.29, 0.717) is 44.4 Å². The highest BCUT2D eigenvalue weighted by Crippen LogP contribution is 2.32. The molecular weight excluding hydrogens is 414 g/mol. The normalized spacial score (nSPS) is 11.0. The van der Waals surface area contributed by atoms with E-state index < -0.39 is 5.76 Å². The molecule has 1 aromatic heterocycles. The summed E-state index contributed by atoms with van der Waals surface area (Å²) < 4.78 is 31.5. The Morgan fingerprint density at radius 3 is 2.45 bits per heavy atom. The average Bonchev–Trinajstić information content (AvgIpc) is 3.10. The van der Waals surface area contributed by atoms with Crippen LogP contribution in [0.15, 0.2) is 77.7 Å². The molecule has 0 saturated carbocycles. The van der Waals surface area contributed by atoms with Crippen molar-refractivity contribution in [1.82, 2.24) is 4.98 Å². The first kappa shape index (κ1) is 19.4. The minimum absolute atomic E-state index is 0.308. The largest absolute Gasteiger partial charge is 0.457 e. The number of hydrogen-bond donors (Lipinski definition) is 1. The lowest BCUT2D eigenvalue weighted by atomic mass is 10.2. The van der Waals surface area contributed by atoms with Gasteiger partial charge in [-0.05, 0) is 54.6 Å². The molecule has 146 valence electrons. The van der Waals surface area contributed by atoms with Crippen LogP contribution in [-0.4, -0.2) is 16.6 Å². The Bertz CT molecular complexity index is 1130. The van der Waals surface area contributed by atoms with Gasteiger partial charge >= 0.3 is 0 Å². The molecule has 1 heterocycles. The third-order valence-corrected chi connectivity index (χ3v) is 5.54. The van der Waals surface area contributed by atoms with Gasteiger partial charge in [-0.2, -0.15) is 8.78 Å². The van der Waals surface area contributed by atoms with Crippen molar-refractivity contribution in [3.8, 4) is 11.5 Å². The molecular formula is C21H14F2N2O2S2. The number of nitrogens with one attached hydrogen (secondary N) is 1. The summed E-state index contributed by atoms with van der Waals surface area (Å²) in [6.07, 6.45) is 0. The zero-order chi connectivity index (χ0) is 20.2. The van der Waals surface area contributed by atoms with Crippen molar-refractivity contribution in [2.75, 3.05) is 5.32 Å². The molecule has 4 nitrogen and oxygen atoms in total. The number of anilines is 1. The lowest BCUT2D eigenvalue weighted by Gasteiger charge is -2.06. The van der Waals surface area contributed by atoms with E-state index in [1.54, 1.807) is 42.5 Å². The van der Waals surface area contributed by atoms with E-state index in [9.17, 15) is 13.6 Å². The maximum atomic E-state index is 12.5. The molecule has 1 N–H and O–H groups in total. The number of hydrogen-bond acceptors (Lipinski definition) is 5. The fraction of sp³-hybridized carbons (Fsp3) is 0.0476. The van der Waals surface area contributed by atoms with Crippen LogP contribution in [-0.2, 0) is 0 Å². The number of amides is 1. The van der Waals surface area contributed by atoms with Gasteiger partial charge in [0, 0.05) is 10.5 Å². The fourth-order valence-electron chi connectivity index (χ4n) is 2.60. The van der Waals surface area contributed by atoms with Gasteiger partial charge in [0.15, 0.2) is 5.13 Å². The number of aromatic nitrogens is 1. The molecule has 0 aliphatic heterocycles. The molecule has 8 heteroatoms. The molecule has 0 saturated heterocycles. The topological polar surface area (TPSA) is 51.2 Å². The molecule has 0 bridgehead atoms. The molecule has 0 aliphatic rings. The van der Waals surface area contributed by atoms with Gasteiger partial charge < -0.3 is 4.74 Å². The first-order valence-corrected chi connectivity index (χ1v) is 10.3. The molecule has 3 aromatic carbocycles. The predicted octanol–water partition coefficient (Wildman–Crippen LogP) is 6.66. The van der Waals surface area contributed by atoms with E-state index in [0.717, 1.165) is 4.70 Å². The highest BCUT2D eigenvalue weighted by atomic mass is 32.2. The zero-order valence-corrected chi connectivity index (χ0v) is 16.5. The van der Waals surface area contributed by atoms with Crippen LogP contribution in [0.5, 0.6) is 11.5 Å². The Hall–Kier alpha value is -2.97. The van der Waals surface area contributed by atoms with E-state index >= 15 is 0 Å². The summed E-state index contributed by atoms with van der Waals surface area (Å²) in [5.74, 6) is -1.45. The van der Waals surface area contributed by atoms with Crippen molar-refractivity contribution < 1.29 is 18.3 Å². The fourth-order valence-corrected chi connectivity index (χ4v) is 4.12. The molecule has 0 radical (unpaired) electrons. The van der Waals surface area contributed by atoms with Crippen LogP contribution < -0.4 is 10.1 Å². The SMILES string of the molecule is O=C(Nc1nc2ccc(SC(F)F)cc2s1)c1ccc(Oc2ccccc2)cc1. The number of benzene rings is 3. The van der Waals surface area contributed by atoms with Crippen LogP contribution in [0.4, 0.5) is 13.9 Å². The van der Waals surface area contributed by atoms with Gasteiger partial charge in [-0.3, -0.25) is 10.1 Å². The van der Waals surface area contributed by atoms with E-state index in [-0.39, 0.29) is 5.91 Å². The summed E-state index contributed by atoms with van der Waals surface area (Å²) in [4.78, 5) is 17.3. The average molecular weight is 428 g/mol. The number of halogens is 2. The smallest absolute Gasteiger partial charge is 0.288 e. The molecule has 29 heavy (non-hydrogen) atoms. The van der Waals surface area contributed by atoms with Gasteiger partial charge in [-0.15, -0.1) is 0 Å². The number of thiazole rings is 1. The molecule has 0 fully saturated rings. The standard InChI is InChI=1S/C21H14F2N2O2S2/c22-20(23)28-16-10-11-17-18(12-16)29-21(24-17)25-19(26)13-6-8-15(9-7-13)27-14-4-2-1-3-5-14/h1-12,20H,(H,24,25,26). The number of nitrogens with zero attached hydrogens (tertiary/aromatic N) is 1. The van der Waals surface area contributed by atoms with Crippen LogP contribution in [0, 0.1) is 0 Å². The summed E-state index contributed by atoms with van der Waals surface area (Å²) in [6.45, 7) is 0. The Morgan fingerprint density at radius 2 is 1.72 bits per heavy atom. The first-order valence-electron chi connectivity index (χ1n) is 8.56. The molecule has 4 rings (SSSR count). The molecule has 0 unspecified atom stereocenters. The van der Waals surface area contributed by atoms with Crippen LogP contribution in [0.3, 0.4) is 0 Å². The van der Waals surface area contributed by atoms with Crippen molar-refractivity contribution in [3.05, 3.63) is 78.4 Å². The van der Waals surface area contributed by atoms with Crippen molar-refractivity contribution in [2.45, 2.75) is 10.7 Å². The van der Waals surface area contributed by atoms with Gasteiger partial charge in [0.05, 0.1) is 10.2 Å². The highest BCUT2D eigenvalue weighted by molar-refractivity contribution is 7.99. The second-order valence-corrected chi connectivity index (χ2v) is 8.01. The maximum Gasteiger partial charge on any atom is 0.288 e. The minimum Gasteiger partial charge on any atom is -0.457 e. The van der Waals surface area contributed by atoms with Crippen LogP contribution in [0.1, 0.15) is 10.4 Å². The zero-order valence-electron chi connectivity index (χ0n) is 14.8. The number of thioether (sulfide) groups is 1. The maximum absolute atomic E-state index is 12.5. The van der Waals surface area contributed by atoms with Crippen LogP contribution >= 0.6 is 23.1 Å². The van der Waals surface area contributed by atoms with E-state index in [1.807, 2.05) is 30.3 Å². The summed E-state index contributed by atoms with van der Waals surface area (Å²) in [6, 6.07) is 21.0. The molecule has 1 amide bonds. The summed E-state index contributed by atoms with van der Waals surface area (Å²) >= 11 is 1.72. The molecule has 0 aliphatic carbocycles. The van der Waals surface area contributed by atoms with Gasteiger partial charge in [0.2, 0.25) is 0 Å². The predicted molar refractivity (Wildman–Crippen MR) is 112 cm³/mol. The molecule has 0 atom stereocenters. The number of fused-ring (bicyclic) bond motifs is 1. The summed E-state index contributed by atoms with van der Waals surface area (Å²) in [5, 5.41) is 3.16. The monoisotopic (exact) mass is 428 g/mol. The van der Waals surface area contributed by atoms with Crippen molar-refractivity contribution in [2.24, 2.45) is 0 Å². The highest BCUT2D eigenvalue weighted by Gasteiger charge is 2.12. The van der Waals surface area contributed by atoms with Gasteiger partial charge in [0.1, 0.15) is 11.5 Å². The van der Waals surface area contributed by atoms with Crippen molar-refractivity contribution >= 4 is 44.4 Å². The lowest BCUT2D eigenvalue weighted by molar-refractivity contribution is 0.102. The Kier molecular flexibility index (Phi) is 5.73. The number of ether oxygens (including phenoxy) is 1. The van der Waals surface area contributed by atoms with Crippen molar-refractivity contribution in [1.29, 1.82) is 0 Å². The second kappa shape index (κ2) is 8.59. The number of rotatable bonds is 6. The number of carbonyl (C=O) groups is 1. The lowest BCUT2D eigenvalue weighted by Crippen LogP contribution is -2.11. The van der Waals surface area contributed by atoms with E-state index in [1.165, 1.54) is 11.3 Å². The van der Waals surface area contributed by atoms with Gasteiger partial charge in [0.25, 0.3) is 11.7 Å². The van der Waals surface area contributed by atoms with Gasteiger partial charge in [-0.1, -0.05) is 41.3 Å². The third kappa shape index (κ3) is 4.90. The number of carbonyl (C=O) groups excluding carboxylic acids is 1. The quantitative estimate of drug-likeness (QED) is 0.349. The van der Waals surface area contributed by atoms with Crippen molar-refractivity contribution in [3.63, 3.8) is 0 Å². The number of para-hydroxylation sites is 1. The Labute approximate surface area is 173 Å². The second-order valence-electron chi connectivity index (χ2n) is 5.92. The third-order valence-electron chi connectivity index (χ3n) is 3.90. The molecule has 0 spiro atoms. The minimum atomic E-state index is -2.48. The van der Waals surface area contributed by atoms with Gasteiger partial charge in [-0.25, -0.2) is 4.98 Å². The Morgan fingerprint density at radius 1 is 1.00 bits per heavy atom. The summed E-state index contributed by atoms with van der Waals surface area (Å²) in [5.41, 5.74) is 1.11. The van der Waals surface area contributed by atoms with Crippen LogP contribution in [0.25, 0.3) is 10.2 Å². The first-order chi connectivity index (χ1) is 14.1. The molecule has 4 aromatic rings.